The van der Waals surface area contributed by atoms with Gasteiger partial charge < -0.3 is 5.11 Å². The number of aliphatic hydroxyl groups is 1. The fourth-order valence-corrected chi connectivity index (χ4v) is 3.74. The molecule has 0 amide bonds. The van der Waals surface area contributed by atoms with Crippen molar-refractivity contribution in [3.8, 4) is 0 Å². The number of rotatable bonds is 4. The van der Waals surface area contributed by atoms with Crippen molar-refractivity contribution in [2.75, 3.05) is 6.54 Å². The van der Waals surface area contributed by atoms with E-state index in [0.717, 1.165) is 31.4 Å². The molecule has 0 spiro atoms. The molecule has 2 unspecified atom stereocenters. The zero-order chi connectivity index (χ0) is 14.8. The molecule has 0 aliphatic heterocycles. The number of nitrogens with one attached hydrogen (secondary N) is 1. The van der Waals surface area contributed by atoms with E-state index in [1.54, 1.807) is 0 Å². The van der Waals surface area contributed by atoms with Gasteiger partial charge >= 0.3 is 0 Å². The molecule has 0 saturated heterocycles. The van der Waals surface area contributed by atoms with E-state index < -0.39 is 21.9 Å². The molecule has 0 bridgehead atoms. The van der Waals surface area contributed by atoms with Gasteiger partial charge in [-0.3, -0.25) is 0 Å². The Kier molecular flexibility index (Phi) is 5.01. The van der Waals surface area contributed by atoms with E-state index in [0.29, 0.717) is 6.42 Å². The van der Waals surface area contributed by atoms with Crippen LogP contribution in [0.3, 0.4) is 0 Å². The molecule has 2 atom stereocenters. The van der Waals surface area contributed by atoms with E-state index in [1.807, 2.05) is 0 Å². The van der Waals surface area contributed by atoms with Crippen molar-refractivity contribution in [1.29, 1.82) is 0 Å². The van der Waals surface area contributed by atoms with Crippen molar-refractivity contribution in [3.63, 3.8) is 0 Å². The zero-order valence-electron chi connectivity index (χ0n) is 10.9. The van der Waals surface area contributed by atoms with Crippen LogP contribution in [0.5, 0.6) is 0 Å². The summed E-state index contributed by atoms with van der Waals surface area (Å²) in [6.07, 6.45) is 3.00. The van der Waals surface area contributed by atoms with E-state index in [4.69, 9.17) is 11.6 Å². The molecule has 1 aliphatic carbocycles. The van der Waals surface area contributed by atoms with Gasteiger partial charge in [0.05, 0.1) is 16.0 Å². The lowest BCUT2D eigenvalue weighted by atomic mass is 9.87. The van der Waals surface area contributed by atoms with Crippen LogP contribution in [0.2, 0.25) is 5.02 Å². The smallest absolute Gasteiger partial charge is 0.240 e. The van der Waals surface area contributed by atoms with Gasteiger partial charge in [-0.25, -0.2) is 17.5 Å². The molecule has 0 radical (unpaired) electrons. The van der Waals surface area contributed by atoms with Gasteiger partial charge in [0, 0.05) is 6.54 Å². The van der Waals surface area contributed by atoms with E-state index in [2.05, 4.69) is 4.72 Å². The normalized spacial score (nSPS) is 23.8. The highest BCUT2D eigenvalue weighted by molar-refractivity contribution is 7.89. The molecule has 112 valence electrons. The van der Waals surface area contributed by atoms with Crippen molar-refractivity contribution >= 4 is 21.6 Å². The second-order valence-corrected chi connectivity index (χ2v) is 7.21. The summed E-state index contributed by atoms with van der Waals surface area (Å²) < 4.78 is 39.6. The third-order valence-corrected chi connectivity index (χ3v) is 5.32. The minimum Gasteiger partial charge on any atom is -0.393 e. The third-order valence-electron chi connectivity index (χ3n) is 3.61. The monoisotopic (exact) mass is 321 g/mol. The summed E-state index contributed by atoms with van der Waals surface area (Å²) in [6, 6.07) is 3.27. The first kappa shape index (κ1) is 15.7. The Morgan fingerprint density at radius 3 is 2.70 bits per heavy atom. The van der Waals surface area contributed by atoms with Crippen molar-refractivity contribution in [2.24, 2.45) is 5.92 Å². The fraction of sp³-hybridized carbons (Fsp3) is 0.538. The summed E-state index contributed by atoms with van der Waals surface area (Å²) in [5.41, 5.74) is 0. The molecule has 2 N–H and O–H groups in total. The molecule has 1 aliphatic rings. The first-order valence-electron chi connectivity index (χ1n) is 6.53. The predicted molar refractivity (Wildman–Crippen MR) is 74.6 cm³/mol. The molecular formula is C13H17ClFNO3S. The number of aliphatic hydroxyl groups excluding tert-OH is 1. The van der Waals surface area contributed by atoms with Crippen LogP contribution in [-0.4, -0.2) is 26.2 Å². The van der Waals surface area contributed by atoms with Crippen LogP contribution in [0.15, 0.2) is 23.1 Å². The quantitative estimate of drug-likeness (QED) is 0.894. The van der Waals surface area contributed by atoms with E-state index >= 15 is 0 Å². The van der Waals surface area contributed by atoms with Crippen LogP contribution in [0, 0.1) is 11.7 Å². The highest BCUT2D eigenvalue weighted by Crippen LogP contribution is 2.24. The van der Waals surface area contributed by atoms with Crippen LogP contribution in [0.4, 0.5) is 4.39 Å². The summed E-state index contributed by atoms with van der Waals surface area (Å²) in [7, 11) is -3.73. The standard InChI is InChI=1S/C13H17ClFNO3S/c14-11-7-10(5-6-12(11)15)20(18,19)16-8-9-3-1-2-4-13(9)17/h5-7,9,13,16-17H,1-4,8H2. The van der Waals surface area contributed by atoms with Gasteiger partial charge in [-0.15, -0.1) is 0 Å². The van der Waals surface area contributed by atoms with Crippen LogP contribution < -0.4 is 4.72 Å². The van der Waals surface area contributed by atoms with Crippen molar-refractivity contribution in [1.82, 2.24) is 4.72 Å². The topological polar surface area (TPSA) is 66.4 Å². The number of sulfonamides is 1. The van der Waals surface area contributed by atoms with Gasteiger partial charge in [0.15, 0.2) is 0 Å². The highest BCUT2D eigenvalue weighted by atomic mass is 35.5. The lowest BCUT2D eigenvalue weighted by Gasteiger charge is -2.27. The highest BCUT2D eigenvalue weighted by Gasteiger charge is 2.25. The van der Waals surface area contributed by atoms with Gasteiger partial charge in [-0.1, -0.05) is 24.4 Å². The van der Waals surface area contributed by atoms with Crippen molar-refractivity contribution < 1.29 is 17.9 Å². The average molecular weight is 322 g/mol. The van der Waals surface area contributed by atoms with Gasteiger partial charge in [-0.2, -0.15) is 0 Å². The molecule has 2 rings (SSSR count). The van der Waals surface area contributed by atoms with Crippen LogP contribution >= 0.6 is 11.6 Å². The molecule has 1 saturated carbocycles. The SMILES string of the molecule is O=S(=O)(NCC1CCCCC1O)c1ccc(F)c(Cl)c1. The number of benzene rings is 1. The third kappa shape index (κ3) is 3.69. The molecule has 0 aromatic heterocycles. The van der Waals surface area contributed by atoms with E-state index in [9.17, 15) is 17.9 Å². The van der Waals surface area contributed by atoms with Gasteiger partial charge in [0.25, 0.3) is 0 Å². The maximum atomic E-state index is 13.0. The summed E-state index contributed by atoms with van der Waals surface area (Å²) >= 11 is 5.58. The first-order valence-corrected chi connectivity index (χ1v) is 8.39. The number of hydrogen-bond donors (Lipinski definition) is 2. The number of halogens is 2. The largest absolute Gasteiger partial charge is 0.393 e. The molecule has 1 aromatic rings. The Balaban J connectivity index is 2.05. The molecule has 0 heterocycles. The molecule has 4 nitrogen and oxygen atoms in total. The minimum atomic E-state index is -3.73. The zero-order valence-corrected chi connectivity index (χ0v) is 12.4. The lowest BCUT2D eigenvalue weighted by Crippen LogP contribution is -2.36. The van der Waals surface area contributed by atoms with Gasteiger partial charge in [-0.05, 0) is 37.0 Å². The molecule has 1 fully saturated rings. The second-order valence-electron chi connectivity index (χ2n) is 5.04. The Labute approximate surface area is 123 Å². The van der Waals surface area contributed by atoms with Crippen LogP contribution in [0.25, 0.3) is 0 Å². The second kappa shape index (κ2) is 6.39. The van der Waals surface area contributed by atoms with Crippen molar-refractivity contribution in [3.05, 3.63) is 29.0 Å². The Hall–Kier alpha value is -0.690. The summed E-state index contributed by atoms with van der Waals surface area (Å²) in [5, 5.41) is 9.58. The van der Waals surface area contributed by atoms with Crippen LogP contribution in [0.1, 0.15) is 25.7 Å². The first-order chi connectivity index (χ1) is 9.40. The Morgan fingerprint density at radius 2 is 2.05 bits per heavy atom. The van der Waals surface area contributed by atoms with Gasteiger partial charge in [0.2, 0.25) is 10.0 Å². The predicted octanol–water partition coefficient (Wildman–Crippen LogP) is 2.31. The number of hydrogen-bond acceptors (Lipinski definition) is 3. The molecule has 7 heteroatoms. The van der Waals surface area contributed by atoms with E-state index in [-0.39, 0.29) is 22.4 Å². The maximum absolute atomic E-state index is 13.0. The summed E-state index contributed by atoms with van der Waals surface area (Å²) in [6.45, 7) is 0.179. The minimum absolute atomic E-state index is 0.0746. The van der Waals surface area contributed by atoms with E-state index in [1.165, 1.54) is 6.07 Å². The molecule has 1 aromatic carbocycles. The average Bonchev–Trinajstić information content (AvgIpc) is 2.41. The fourth-order valence-electron chi connectivity index (χ4n) is 2.37. The van der Waals surface area contributed by atoms with Gasteiger partial charge in [0.1, 0.15) is 5.82 Å². The Morgan fingerprint density at radius 1 is 1.35 bits per heavy atom. The Bertz CT molecular complexity index is 579. The lowest BCUT2D eigenvalue weighted by molar-refractivity contribution is 0.0724. The van der Waals surface area contributed by atoms with Crippen LogP contribution in [-0.2, 0) is 10.0 Å². The summed E-state index contributed by atoms with van der Waals surface area (Å²) in [4.78, 5) is -0.0748. The molecule has 20 heavy (non-hydrogen) atoms. The van der Waals surface area contributed by atoms with Crippen molar-refractivity contribution in [2.45, 2.75) is 36.7 Å². The molecular weight excluding hydrogens is 305 g/mol. The maximum Gasteiger partial charge on any atom is 0.240 e. The summed E-state index contributed by atoms with van der Waals surface area (Å²) in [5.74, 6) is -0.734.